The number of rotatable bonds is 15. The van der Waals surface area contributed by atoms with Crippen LogP contribution in [-0.4, -0.2) is 42.1 Å². The molecule has 6 heteroatoms. The van der Waals surface area contributed by atoms with Gasteiger partial charge in [-0.15, -0.1) is 0 Å². The Morgan fingerprint density at radius 3 is 1.21 bits per heavy atom. The number of hydrogen-bond acceptors (Lipinski definition) is 3. The summed E-state index contributed by atoms with van der Waals surface area (Å²) in [4.78, 5) is 2.54. The minimum Gasteiger partial charge on any atom is -0.304 e. The van der Waals surface area contributed by atoms with Crippen molar-refractivity contribution in [1.82, 2.24) is 4.90 Å². The zero-order valence-corrected chi connectivity index (χ0v) is 17.0. The highest BCUT2D eigenvalue weighted by Crippen LogP contribution is 2.12. The smallest absolute Gasteiger partial charge is 0.304 e. The molecule has 0 radical (unpaired) electrons. The van der Waals surface area contributed by atoms with Crippen molar-refractivity contribution in [2.24, 2.45) is 0 Å². The van der Waals surface area contributed by atoms with Gasteiger partial charge >= 0.3 is 10.4 Å². The first-order valence-electron chi connectivity index (χ1n) is 9.77. The SMILES string of the molecule is CCCCCCCCCCCCCCN(CC)CC.O=S(=O)(O)O. The maximum atomic E-state index is 8.74. The molecule has 24 heavy (non-hydrogen) atoms. The molecule has 5 nitrogen and oxygen atoms in total. The molecular formula is C18H41NO4S. The predicted octanol–water partition coefficient (Wildman–Crippen LogP) is 5.38. The lowest BCUT2D eigenvalue weighted by atomic mass is 10.1. The molecule has 0 aromatic heterocycles. The highest BCUT2D eigenvalue weighted by atomic mass is 32.3. The molecule has 0 atom stereocenters. The highest BCUT2D eigenvalue weighted by molar-refractivity contribution is 7.79. The molecule has 0 fully saturated rings. The Bertz CT molecular complexity index is 322. The van der Waals surface area contributed by atoms with Crippen molar-refractivity contribution in [2.45, 2.75) is 97.8 Å². The Morgan fingerprint density at radius 1 is 0.625 bits per heavy atom. The lowest BCUT2D eigenvalue weighted by molar-refractivity contribution is 0.295. The Kier molecular flexibility index (Phi) is 20.8. The summed E-state index contributed by atoms with van der Waals surface area (Å²) in [5.41, 5.74) is 0. The van der Waals surface area contributed by atoms with Crippen LogP contribution >= 0.6 is 0 Å². The van der Waals surface area contributed by atoms with Gasteiger partial charge in [0.1, 0.15) is 0 Å². The zero-order valence-electron chi connectivity index (χ0n) is 16.2. The molecule has 0 saturated carbocycles. The van der Waals surface area contributed by atoms with Gasteiger partial charge in [0.25, 0.3) is 0 Å². The van der Waals surface area contributed by atoms with E-state index in [1.165, 1.54) is 96.7 Å². The van der Waals surface area contributed by atoms with Crippen LogP contribution in [0.1, 0.15) is 97.8 Å². The van der Waals surface area contributed by atoms with Crippen molar-refractivity contribution in [1.29, 1.82) is 0 Å². The van der Waals surface area contributed by atoms with Crippen molar-refractivity contribution in [3.63, 3.8) is 0 Å². The van der Waals surface area contributed by atoms with Gasteiger partial charge in [-0.2, -0.15) is 8.42 Å². The molecule has 0 heterocycles. The third-order valence-corrected chi connectivity index (χ3v) is 4.22. The monoisotopic (exact) mass is 367 g/mol. The summed E-state index contributed by atoms with van der Waals surface area (Å²) in [5.74, 6) is 0. The van der Waals surface area contributed by atoms with Gasteiger partial charge in [0.15, 0.2) is 0 Å². The van der Waals surface area contributed by atoms with Crippen molar-refractivity contribution in [3.8, 4) is 0 Å². The van der Waals surface area contributed by atoms with Gasteiger partial charge < -0.3 is 4.90 Å². The molecule has 0 aliphatic heterocycles. The zero-order chi connectivity index (χ0) is 18.7. The fraction of sp³-hybridized carbons (Fsp3) is 1.00. The average Bonchev–Trinajstić information content (AvgIpc) is 2.50. The molecule has 148 valence electrons. The third kappa shape index (κ3) is 29.8. The fourth-order valence-electron chi connectivity index (χ4n) is 2.72. The molecule has 0 aromatic rings. The van der Waals surface area contributed by atoms with Crippen LogP contribution in [0.5, 0.6) is 0 Å². The third-order valence-electron chi connectivity index (χ3n) is 4.22. The Hall–Kier alpha value is -0.170. The lowest BCUT2D eigenvalue weighted by Gasteiger charge is -2.17. The Labute approximate surface area is 150 Å². The number of unbranched alkanes of at least 4 members (excludes halogenated alkanes) is 11. The van der Waals surface area contributed by atoms with Crippen LogP contribution in [-0.2, 0) is 10.4 Å². The van der Waals surface area contributed by atoms with Crippen molar-refractivity contribution >= 4 is 10.4 Å². The van der Waals surface area contributed by atoms with Crippen LogP contribution in [0.2, 0.25) is 0 Å². The maximum Gasteiger partial charge on any atom is 0.394 e. The highest BCUT2D eigenvalue weighted by Gasteiger charge is 1.98. The summed E-state index contributed by atoms with van der Waals surface area (Å²) in [6.45, 7) is 10.6. The second kappa shape index (κ2) is 19.2. The van der Waals surface area contributed by atoms with E-state index in [1.807, 2.05) is 0 Å². The summed E-state index contributed by atoms with van der Waals surface area (Å²) in [6, 6.07) is 0. The first-order chi connectivity index (χ1) is 11.3. The lowest BCUT2D eigenvalue weighted by Crippen LogP contribution is -2.23. The molecule has 0 aromatic carbocycles. The molecule has 0 unspecified atom stereocenters. The minimum atomic E-state index is -4.67. The second-order valence-electron chi connectivity index (χ2n) is 6.36. The van der Waals surface area contributed by atoms with Crippen LogP contribution in [0.25, 0.3) is 0 Å². The second-order valence-corrected chi connectivity index (χ2v) is 7.26. The van der Waals surface area contributed by atoms with Crippen LogP contribution < -0.4 is 0 Å². The van der Waals surface area contributed by atoms with Gasteiger partial charge in [0.2, 0.25) is 0 Å². The molecule has 0 aliphatic carbocycles. The molecule has 0 rings (SSSR count). The summed E-state index contributed by atoms with van der Waals surface area (Å²) in [7, 11) is -4.67. The van der Waals surface area contributed by atoms with E-state index in [0.717, 1.165) is 0 Å². The van der Waals surface area contributed by atoms with Crippen LogP contribution in [0.15, 0.2) is 0 Å². The van der Waals surface area contributed by atoms with Crippen LogP contribution in [0.4, 0.5) is 0 Å². The van der Waals surface area contributed by atoms with Crippen molar-refractivity contribution < 1.29 is 17.5 Å². The van der Waals surface area contributed by atoms with Gasteiger partial charge in [-0.05, 0) is 26.1 Å². The van der Waals surface area contributed by atoms with Gasteiger partial charge in [-0.25, -0.2) is 0 Å². The van der Waals surface area contributed by atoms with E-state index in [1.54, 1.807) is 0 Å². The summed E-state index contributed by atoms with van der Waals surface area (Å²) < 4.78 is 31.6. The molecule has 0 bridgehead atoms. The predicted molar refractivity (Wildman–Crippen MR) is 103 cm³/mol. The fourth-order valence-corrected chi connectivity index (χ4v) is 2.72. The van der Waals surface area contributed by atoms with Gasteiger partial charge in [0.05, 0.1) is 0 Å². The topological polar surface area (TPSA) is 77.8 Å². The van der Waals surface area contributed by atoms with Crippen LogP contribution in [0, 0.1) is 0 Å². The normalized spacial score (nSPS) is 11.4. The average molecular weight is 368 g/mol. The van der Waals surface area contributed by atoms with Gasteiger partial charge in [-0.1, -0.05) is 91.4 Å². The Balaban J connectivity index is 0. The quantitative estimate of drug-likeness (QED) is 0.300. The van der Waals surface area contributed by atoms with Crippen LogP contribution in [0.3, 0.4) is 0 Å². The molecule has 2 N–H and O–H groups in total. The van der Waals surface area contributed by atoms with E-state index in [4.69, 9.17) is 17.5 Å². The first kappa shape index (κ1) is 26.1. The van der Waals surface area contributed by atoms with E-state index in [9.17, 15) is 0 Å². The van der Waals surface area contributed by atoms with Gasteiger partial charge in [-0.3, -0.25) is 9.11 Å². The molecule has 0 aliphatic rings. The van der Waals surface area contributed by atoms with E-state index in [2.05, 4.69) is 25.7 Å². The summed E-state index contributed by atoms with van der Waals surface area (Å²) >= 11 is 0. The maximum absolute atomic E-state index is 8.74. The van der Waals surface area contributed by atoms with E-state index in [-0.39, 0.29) is 0 Å². The number of nitrogens with zero attached hydrogens (tertiary/aromatic N) is 1. The number of hydrogen-bond donors (Lipinski definition) is 2. The molecule has 0 saturated heterocycles. The molecular weight excluding hydrogens is 326 g/mol. The summed E-state index contributed by atoms with van der Waals surface area (Å²) in [6.07, 6.45) is 17.4. The molecule has 0 amide bonds. The van der Waals surface area contributed by atoms with E-state index < -0.39 is 10.4 Å². The van der Waals surface area contributed by atoms with Crippen molar-refractivity contribution in [3.05, 3.63) is 0 Å². The largest absolute Gasteiger partial charge is 0.394 e. The van der Waals surface area contributed by atoms with Crippen molar-refractivity contribution in [2.75, 3.05) is 19.6 Å². The van der Waals surface area contributed by atoms with E-state index >= 15 is 0 Å². The first-order valence-corrected chi connectivity index (χ1v) is 11.2. The standard InChI is InChI=1S/C18H39N.H2O4S/c1-4-7-8-9-10-11-12-13-14-15-16-17-18-19(5-2)6-3;1-5(2,3)4/h4-18H2,1-3H3;(H2,1,2,3,4). The minimum absolute atomic E-state index is 1.22. The van der Waals surface area contributed by atoms with Gasteiger partial charge in [0, 0.05) is 0 Å². The molecule has 0 spiro atoms. The Morgan fingerprint density at radius 2 is 0.917 bits per heavy atom. The van der Waals surface area contributed by atoms with E-state index in [0.29, 0.717) is 0 Å². The summed E-state index contributed by atoms with van der Waals surface area (Å²) in [5, 5.41) is 0.